The normalized spacial score (nSPS) is 12.5. The zero-order valence-corrected chi connectivity index (χ0v) is 8.25. The molecule has 1 unspecified atom stereocenters. The fourth-order valence-electron chi connectivity index (χ4n) is 1.28. The van der Waals surface area contributed by atoms with Gasteiger partial charge in [-0.25, -0.2) is 4.39 Å². The molecule has 3 heteroatoms. The van der Waals surface area contributed by atoms with E-state index in [1.165, 1.54) is 12.1 Å². The van der Waals surface area contributed by atoms with Crippen LogP contribution in [0.4, 0.5) is 4.39 Å². The average Bonchev–Trinajstić information content (AvgIpc) is 2.11. The highest BCUT2D eigenvalue weighted by Crippen LogP contribution is 2.15. The highest BCUT2D eigenvalue weighted by atomic mass is 19.1. The number of halogens is 1. The second-order valence-electron chi connectivity index (χ2n) is 3.51. The van der Waals surface area contributed by atoms with Crippen molar-refractivity contribution in [2.45, 2.75) is 20.3 Å². The first-order chi connectivity index (χ1) is 6.50. The number of aryl methyl sites for hydroxylation is 1. The molecule has 1 aromatic rings. The van der Waals surface area contributed by atoms with Crippen molar-refractivity contribution in [3.05, 3.63) is 35.1 Å². The molecule has 14 heavy (non-hydrogen) atoms. The van der Waals surface area contributed by atoms with Crippen LogP contribution >= 0.6 is 0 Å². The van der Waals surface area contributed by atoms with Gasteiger partial charge in [0, 0.05) is 0 Å². The van der Waals surface area contributed by atoms with Gasteiger partial charge in [0.05, 0.1) is 5.92 Å². The monoisotopic (exact) mass is 196 g/mol. The molecule has 0 aliphatic heterocycles. The quantitative estimate of drug-likeness (QED) is 0.806. The van der Waals surface area contributed by atoms with Crippen molar-refractivity contribution in [1.29, 1.82) is 0 Å². The molecule has 76 valence electrons. The Morgan fingerprint density at radius 3 is 2.79 bits per heavy atom. The van der Waals surface area contributed by atoms with Crippen LogP contribution in [0.1, 0.15) is 18.1 Å². The van der Waals surface area contributed by atoms with E-state index in [1.54, 1.807) is 13.0 Å². The van der Waals surface area contributed by atoms with Crippen molar-refractivity contribution in [3.63, 3.8) is 0 Å². The van der Waals surface area contributed by atoms with Crippen molar-refractivity contribution < 1.29 is 14.3 Å². The Hall–Kier alpha value is -1.38. The van der Waals surface area contributed by atoms with Crippen molar-refractivity contribution in [2.24, 2.45) is 5.92 Å². The Labute approximate surface area is 82.4 Å². The van der Waals surface area contributed by atoms with E-state index in [4.69, 9.17) is 5.11 Å². The van der Waals surface area contributed by atoms with Crippen LogP contribution in [0.3, 0.4) is 0 Å². The topological polar surface area (TPSA) is 37.3 Å². The van der Waals surface area contributed by atoms with Crippen LogP contribution in [-0.2, 0) is 11.2 Å². The van der Waals surface area contributed by atoms with Crippen molar-refractivity contribution >= 4 is 5.97 Å². The molecule has 0 heterocycles. The van der Waals surface area contributed by atoms with E-state index in [0.29, 0.717) is 6.42 Å². The van der Waals surface area contributed by atoms with Gasteiger partial charge in [-0.15, -0.1) is 0 Å². The summed E-state index contributed by atoms with van der Waals surface area (Å²) >= 11 is 0. The van der Waals surface area contributed by atoms with E-state index in [2.05, 4.69) is 0 Å². The van der Waals surface area contributed by atoms with Gasteiger partial charge >= 0.3 is 5.97 Å². The van der Waals surface area contributed by atoms with Gasteiger partial charge in [-0.05, 0) is 36.6 Å². The molecule has 1 atom stereocenters. The van der Waals surface area contributed by atoms with Gasteiger partial charge < -0.3 is 5.11 Å². The molecule has 0 aliphatic rings. The van der Waals surface area contributed by atoms with Gasteiger partial charge in [-0.3, -0.25) is 4.79 Å². The first-order valence-electron chi connectivity index (χ1n) is 4.48. The number of hydrogen-bond donors (Lipinski definition) is 1. The Morgan fingerprint density at radius 1 is 1.57 bits per heavy atom. The lowest BCUT2D eigenvalue weighted by Gasteiger charge is -2.08. The van der Waals surface area contributed by atoms with Crippen molar-refractivity contribution in [2.75, 3.05) is 0 Å². The minimum atomic E-state index is -0.853. The van der Waals surface area contributed by atoms with Crippen LogP contribution in [0.15, 0.2) is 18.2 Å². The largest absolute Gasteiger partial charge is 0.481 e. The van der Waals surface area contributed by atoms with E-state index in [1.807, 2.05) is 6.92 Å². The molecule has 1 N–H and O–H groups in total. The van der Waals surface area contributed by atoms with Crippen LogP contribution < -0.4 is 0 Å². The van der Waals surface area contributed by atoms with Gasteiger partial charge in [-0.2, -0.15) is 0 Å². The molecule has 1 aromatic carbocycles. The van der Waals surface area contributed by atoms with Gasteiger partial charge in [0.15, 0.2) is 0 Å². The maximum absolute atomic E-state index is 12.9. The molecule has 0 bridgehead atoms. The maximum atomic E-state index is 12.9. The minimum absolute atomic E-state index is 0.316. The smallest absolute Gasteiger partial charge is 0.306 e. The molecular formula is C11H13FO2. The highest BCUT2D eigenvalue weighted by Gasteiger charge is 2.13. The summed E-state index contributed by atoms with van der Waals surface area (Å²) in [4.78, 5) is 10.6. The van der Waals surface area contributed by atoms with Crippen LogP contribution in [0.25, 0.3) is 0 Å². The molecule has 0 saturated heterocycles. The third-order valence-corrected chi connectivity index (χ3v) is 2.26. The first kappa shape index (κ1) is 10.7. The average molecular weight is 196 g/mol. The third-order valence-electron chi connectivity index (χ3n) is 2.26. The Bertz CT molecular complexity index is 347. The summed E-state index contributed by atoms with van der Waals surface area (Å²) in [5.74, 6) is -1.65. The molecular weight excluding hydrogens is 183 g/mol. The van der Waals surface area contributed by atoms with Gasteiger partial charge in [-0.1, -0.05) is 13.0 Å². The molecule has 0 fully saturated rings. The summed E-state index contributed by atoms with van der Waals surface area (Å²) in [6, 6.07) is 4.44. The number of hydrogen-bond acceptors (Lipinski definition) is 1. The van der Waals surface area contributed by atoms with E-state index >= 15 is 0 Å². The summed E-state index contributed by atoms with van der Waals surface area (Å²) < 4.78 is 12.9. The predicted molar refractivity (Wildman–Crippen MR) is 51.6 cm³/mol. The van der Waals surface area contributed by atoms with E-state index in [-0.39, 0.29) is 5.82 Å². The number of benzene rings is 1. The standard InChI is InChI=1S/C11H13FO2/c1-7-3-4-10(12)6-9(7)5-8(2)11(13)14/h3-4,6,8H,5H2,1-2H3,(H,13,14). The van der Waals surface area contributed by atoms with E-state index in [0.717, 1.165) is 11.1 Å². The Kier molecular flexibility index (Phi) is 3.23. The van der Waals surface area contributed by atoms with Crippen LogP contribution in [-0.4, -0.2) is 11.1 Å². The summed E-state index contributed by atoms with van der Waals surface area (Å²) in [6.45, 7) is 3.47. The fourth-order valence-corrected chi connectivity index (χ4v) is 1.28. The van der Waals surface area contributed by atoms with E-state index in [9.17, 15) is 9.18 Å². The second kappa shape index (κ2) is 4.22. The molecule has 0 radical (unpaired) electrons. The number of aliphatic carboxylic acids is 1. The van der Waals surface area contributed by atoms with Crippen LogP contribution in [0.2, 0.25) is 0 Å². The molecule has 0 aromatic heterocycles. The minimum Gasteiger partial charge on any atom is -0.481 e. The summed E-state index contributed by atoms with van der Waals surface area (Å²) in [5, 5.41) is 8.71. The summed E-state index contributed by atoms with van der Waals surface area (Å²) in [6.07, 6.45) is 0.374. The summed E-state index contributed by atoms with van der Waals surface area (Å²) in [5.41, 5.74) is 1.69. The Morgan fingerprint density at radius 2 is 2.21 bits per heavy atom. The molecule has 2 nitrogen and oxygen atoms in total. The fraction of sp³-hybridized carbons (Fsp3) is 0.364. The number of rotatable bonds is 3. The zero-order valence-electron chi connectivity index (χ0n) is 8.25. The van der Waals surface area contributed by atoms with E-state index < -0.39 is 11.9 Å². The molecule has 0 aliphatic carbocycles. The molecule has 0 amide bonds. The third kappa shape index (κ3) is 2.55. The van der Waals surface area contributed by atoms with Gasteiger partial charge in [0.25, 0.3) is 0 Å². The first-order valence-corrected chi connectivity index (χ1v) is 4.48. The predicted octanol–water partition coefficient (Wildman–Crippen LogP) is 2.40. The van der Waals surface area contributed by atoms with Crippen LogP contribution in [0.5, 0.6) is 0 Å². The van der Waals surface area contributed by atoms with Crippen LogP contribution in [0, 0.1) is 18.7 Å². The lowest BCUT2D eigenvalue weighted by atomic mass is 9.97. The second-order valence-corrected chi connectivity index (χ2v) is 3.51. The zero-order chi connectivity index (χ0) is 10.7. The SMILES string of the molecule is Cc1ccc(F)cc1CC(C)C(=O)O. The molecule has 0 saturated carbocycles. The molecule has 0 spiro atoms. The molecule has 1 rings (SSSR count). The number of carbonyl (C=O) groups is 1. The summed E-state index contributed by atoms with van der Waals surface area (Å²) in [7, 11) is 0. The Balaban J connectivity index is 2.85. The van der Waals surface area contributed by atoms with Crippen molar-refractivity contribution in [3.8, 4) is 0 Å². The highest BCUT2D eigenvalue weighted by molar-refractivity contribution is 5.70. The number of carboxylic acids is 1. The van der Waals surface area contributed by atoms with Gasteiger partial charge in [0.1, 0.15) is 5.82 Å². The lowest BCUT2D eigenvalue weighted by molar-refractivity contribution is -0.141. The maximum Gasteiger partial charge on any atom is 0.306 e. The van der Waals surface area contributed by atoms with Gasteiger partial charge in [0.2, 0.25) is 0 Å². The van der Waals surface area contributed by atoms with Crippen molar-refractivity contribution in [1.82, 2.24) is 0 Å². The number of carboxylic acid groups (broad SMARTS) is 1. The lowest BCUT2D eigenvalue weighted by Crippen LogP contribution is -2.13.